The van der Waals surface area contributed by atoms with E-state index in [0.29, 0.717) is 0 Å². The number of fused-ring (bicyclic) bond motifs is 5. The van der Waals surface area contributed by atoms with Crippen LogP contribution < -0.4 is 0 Å². The summed E-state index contributed by atoms with van der Waals surface area (Å²) in [6.45, 7) is 2.14. The van der Waals surface area contributed by atoms with Crippen LogP contribution in [0.3, 0.4) is 0 Å². The van der Waals surface area contributed by atoms with E-state index in [1.165, 1.54) is 93.2 Å². The van der Waals surface area contributed by atoms with Crippen molar-refractivity contribution in [2.45, 2.75) is 13.3 Å². The zero-order valence-electron chi connectivity index (χ0n) is 26.7. The van der Waals surface area contributed by atoms with Crippen LogP contribution in [0.25, 0.3) is 76.5 Å². The third kappa shape index (κ3) is 4.21. The number of rotatable bonds is 2. The van der Waals surface area contributed by atoms with Gasteiger partial charge in [0.1, 0.15) is 0 Å². The minimum atomic E-state index is 0.848. The van der Waals surface area contributed by atoms with E-state index in [0.717, 1.165) is 17.8 Å². The van der Waals surface area contributed by atoms with Crippen molar-refractivity contribution in [2.24, 2.45) is 4.99 Å². The molecule has 9 aromatic carbocycles. The maximum Gasteiger partial charge on any atom is 0.0674 e. The van der Waals surface area contributed by atoms with Crippen LogP contribution >= 0.6 is 0 Å². The Labute approximate surface area is 279 Å². The minimum Gasteiger partial charge on any atom is -0.253 e. The average Bonchev–Trinajstić information content (AvgIpc) is 3.19. The van der Waals surface area contributed by atoms with E-state index >= 15 is 0 Å². The van der Waals surface area contributed by atoms with Gasteiger partial charge in [0, 0.05) is 17.7 Å². The van der Waals surface area contributed by atoms with Crippen molar-refractivity contribution in [3.05, 3.63) is 174 Å². The van der Waals surface area contributed by atoms with Crippen molar-refractivity contribution < 1.29 is 0 Å². The van der Waals surface area contributed by atoms with Crippen molar-refractivity contribution in [3.8, 4) is 33.4 Å². The summed E-state index contributed by atoms with van der Waals surface area (Å²) >= 11 is 0. The normalized spacial score (nSPS) is 12.7. The lowest BCUT2D eigenvalue weighted by Gasteiger charge is -2.15. The molecule has 10 rings (SSSR count). The van der Waals surface area contributed by atoms with E-state index in [9.17, 15) is 0 Å². The topological polar surface area (TPSA) is 12.4 Å². The number of hydrogen-bond acceptors (Lipinski definition) is 1. The van der Waals surface area contributed by atoms with Crippen LogP contribution in [-0.4, -0.2) is 5.71 Å². The Morgan fingerprint density at radius 1 is 0.396 bits per heavy atom. The third-order valence-corrected chi connectivity index (χ3v) is 10.4. The van der Waals surface area contributed by atoms with Crippen molar-refractivity contribution in [3.63, 3.8) is 0 Å². The molecule has 1 heteroatoms. The van der Waals surface area contributed by atoms with Crippen LogP contribution in [-0.2, 0) is 6.42 Å². The molecule has 0 saturated carbocycles. The predicted octanol–water partition coefficient (Wildman–Crippen LogP) is 12.8. The van der Waals surface area contributed by atoms with Crippen molar-refractivity contribution >= 4 is 54.5 Å². The Morgan fingerprint density at radius 2 is 1.00 bits per heavy atom. The summed E-state index contributed by atoms with van der Waals surface area (Å²) in [5.74, 6) is 0. The van der Waals surface area contributed by atoms with Gasteiger partial charge < -0.3 is 0 Å². The quantitative estimate of drug-likeness (QED) is 0.173. The standard InChI is InChI=1S/C47H31N/c1-29-40-10-4-5-12-43(40)41-11-3-2-7-37(41)27-39-20-18-36(28-45(39)48-29)34-15-16-35-26-38(19-17-33(35)25-34)42-23-21-32-14-13-30-8-6-9-31-22-24-44(42)47(32)46(30)31/h2-26,28H,27H2,1H3. The van der Waals surface area contributed by atoms with Gasteiger partial charge in [0.15, 0.2) is 0 Å². The monoisotopic (exact) mass is 609 g/mol. The van der Waals surface area contributed by atoms with Gasteiger partial charge in [-0.3, -0.25) is 4.99 Å². The van der Waals surface area contributed by atoms with Crippen LogP contribution in [0.4, 0.5) is 5.69 Å². The number of nitrogens with zero attached hydrogens (tertiary/aromatic N) is 1. The molecule has 0 unspecified atom stereocenters. The fraction of sp³-hybridized carbons (Fsp3) is 0.0426. The molecule has 1 nitrogen and oxygen atoms in total. The maximum atomic E-state index is 5.25. The Hall–Kier alpha value is -6.05. The van der Waals surface area contributed by atoms with Gasteiger partial charge in [-0.05, 0) is 113 Å². The van der Waals surface area contributed by atoms with Gasteiger partial charge in [0.25, 0.3) is 0 Å². The lowest BCUT2D eigenvalue weighted by atomic mass is 9.89. The van der Waals surface area contributed by atoms with Gasteiger partial charge in [-0.2, -0.15) is 0 Å². The van der Waals surface area contributed by atoms with Crippen LogP contribution in [0.2, 0.25) is 0 Å². The first-order chi connectivity index (χ1) is 23.7. The number of benzene rings is 9. The lowest BCUT2D eigenvalue weighted by molar-refractivity contribution is 1.19. The molecule has 1 aliphatic heterocycles. The number of hydrogen-bond donors (Lipinski definition) is 0. The molecule has 0 aromatic heterocycles. The Morgan fingerprint density at radius 3 is 1.83 bits per heavy atom. The van der Waals surface area contributed by atoms with E-state index in [1.807, 2.05) is 0 Å². The third-order valence-electron chi connectivity index (χ3n) is 10.4. The van der Waals surface area contributed by atoms with Gasteiger partial charge in [-0.15, -0.1) is 0 Å². The molecular formula is C47H31N. The molecule has 1 heterocycles. The molecule has 0 aliphatic carbocycles. The molecule has 48 heavy (non-hydrogen) atoms. The molecule has 224 valence electrons. The molecule has 0 fully saturated rings. The van der Waals surface area contributed by atoms with E-state index in [2.05, 4.69) is 165 Å². The molecule has 0 spiro atoms. The summed E-state index contributed by atoms with van der Waals surface area (Å²) in [5, 5.41) is 10.4. The first-order valence-electron chi connectivity index (χ1n) is 16.7. The van der Waals surface area contributed by atoms with E-state index < -0.39 is 0 Å². The Bertz CT molecular complexity index is 2750. The second kappa shape index (κ2) is 10.5. The lowest BCUT2D eigenvalue weighted by Crippen LogP contribution is -1.98. The zero-order chi connectivity index (χ0) is 31.8. The molecule has 0 radical (unpaired) electrons. The molecule has 9 aromatic rings. The summed E-state index contributed by atoms with van der Waals surface area (Å²) in [6.07, 6.45) is 0.848. The molecular weight excluding hydrogens is 579 g/mol. The SMILES string of the molecule is CC1=Nc2cc(-c3ccc4cc(-c5ccc6ccc7cccc8ccc5c6c78)ccc4c3)ccc2Cc2ccccc2-c2ccccc21. The average molecular weight is 610 g/mol. The van der Waals surface area contributed by atoms with Crippen LogP contribution in [0.15, 0.2) is 163 Å². The first kappa shape index (κ1) is 27.1. The largest absolute Gasteiger partial charge is 0.253 e. The molecule has 0 bridgehead atoms. The molecule has 1 aliphatic rings. The summed E-state index contributed by atoms with van der Waals surface area (Å²) in [7, 11) is 0. The summed E-state index contributed by atoms with van der Waals surface area (Å²) in [4.78, 5) is 5.25. The summed E-state index contributed by atoms with van der Waals surface area (Å²) in [6, 6.07) is 58.2. The predicted molar refractivity (Wildman–Crippen MR) is 205 cm³/mol. The molecule has 0 N–H and O–H groups in total. The van der Waals surface area contributed by atoms with E-state index in [-0.39, 0.29) is 0 Å². The summed E-state index contributed by atoms with van der Waals surface area (Å²) < 4.78 is 0. The van der Waals surface area contributed by atoms with E-state index in [1.54, 1.807) is 0 Å². The van der Waals surface area contributed by atoms with Gasteiger partial charge in [0.05, 0.1) is 5.69 Å². The van der Waals surface area contributed by atoms with Gasteiger partial charge in [0.2, 0.25) is 0 Å². The highest BCUT2D eigenvalue weighted by molar-refractivity contribution is 6.25. The highest BCUT2D eigenvalue weighted by Gasteiger charge is 2.17. The van der Waals surface area contributed by atoms with Crippen molar-refractivity contribution in [1.29, 1.82) is 0 Å². The zero-order valence-corrected chi connectivity index (χ0v) is 26.7. The fourth-order valence-corrected chi connectivity index (χ4v) is 7.99. The molecule has 0 saturated heterocycles. The molecule has 0 atom stereocenters. The van der Waals surface area contributed by atoms with Crippen LogP contribution in [0.1, 0.15) is 23.6 Å². The van der Waals surface area contributed by atoms with Crippen LogP contribution in [0, 0.1) is 0 Å². The van der Waals surface area contributed by atoms with Gasteiger partial charge in [-0.1, -0.05) is 140 Å². The highest BCUT2D eigenvalue weighted by atomic mass is 14.7. The fourth-order valence-electron chi connectivity index (χ4n) is 7.99. The Balaban J connectivity index is 1.06. The first-order valence-corrected chi connectivity index (χ1v) is 16.7. The van der Waals surface area contributed by atoms with Crippen LogP contribution in [0.5, 0.6) is 0 Å². The number of aliphatic imine (C=N–C) groups is 1. The Kier molecular flexibility index (Phi) is 5.92. The smallest absolute Gasteiger partial charge is 0.0674 e. The van der Waals surface area contributed by atoms with Gasteiger partial charge >= 0.3 is 0 Å². The van der Waals surface area contributed by atoms with Crippen molar-refractivity contribution in [1.82, 2.24) is 0 Å². The highest BCUT2D eigenvalue weighted by Crippen LogP contribution is 2.41. The van der Waals surface area contributed by atoms with E-state index in [4.69, 9.17) is 4.99 Å². The molecule has 0 amide bonds. The second-order valence-electron chi connectivity index (χ2n) is 13.2. The summed E-state index contributed by atoms with van der Waals surface area (Å²) in [5.41, 5.74) is 13.3. The maximum absolute atomic E-state index is 5.25. The van der Waals surface area contributed by atoms with Gasteiger partial charge in [-0.25, -0.2) is 0 Å². The second-order valence-corrected chi connectivity index (χ2v) is 13.2. The minimum absolute atomic E-state index is 0.848. The van der Waals surface area contributed by atoms with Crippen molar-refractivity contribution in [2.75, 3.05) is 0 Å².